The molecule has 1 aromatic carbocycles. The van der Waals surface area contributed by atoms with Gasteiger partial charge in [0.05, 0.1) is 0 Å². The van der Waals surface area contributed by atoms with Gasteiger partial charge in [0.2, 0.25) is 0 Å². The van der Waals surface area contributed by atoms with E-state index in [1.807, 2.05) is 18.2 Å². The van der Waals surface area contributed by atoms with Crippen molar-refractivity contribution in [3.8, 4) is 0 Å². The molecule has 1 N–H and O–H groups in total. The smallest absolute Gasteiger partial charge is 0.0453 e. The van der Waals surface area contributed by atoms with E-state index >= 15 is 0 Å². The second-order valence-corrected chi connectivity index (χ2v) is 5.53. The molecule has 1 nitrogen and oxygen atoms in total. The first-order valence-corrected chi connectivity index (χ1v) is 7.60. The molecule has 0 aliphatic heterocycles. The first-order valence-electron chi connectivity index (χ1n) is 6.84. The van der Waals surface area contributed by atoms with Gasteiger partial charge in [-0.05, 0) is 43.5 Å². The summed E-state index contributed by atoms with van der Waals surface area (Å²) in [4.78, 5) is 0. The van der Waals surface area contributed by atoms with Gasteiger partial charge in [-0.1, -0.05) is 56.0 Å². The number of hydrogen-bond donors (Lipinski definition) is 1. The Morgan fingerprint density at radius 2 is 2.00 bits per heavy atom. The molecule has 1 rings (SSSR count). The van der Waals surface area contributed by atoms with Crippen LogP contribution in [0.15, 0.2) is 18.2 Å². The molecular weight excluding hydrogens is 265 g/mol. The van der Waals surface area contributed by atoms with Crippen molar-refractivity contribution < 1.29 is 0 Å². The Labute approximate surface area is 121 Å². The van der Waals surface area contributed by atoms with Crippen molar-refractivity contribution >= 4 is 23.2 Å². The SMILES string of the molecule is CCCCC(CC)NCCc1ccc(Cl)cc1Cl. The molecular formula is C15H23Cl2N. The molecule has 3 heteroatoms. The van der Waals surface area contributed by atoms with Gasteiger partial charge < -0.3 is 5.32 Å². The van der Waals surface area contributed by atoms with E-state index in [1.54, 1.807) is 0 Å². The van der Waals surface area contributed by atoms with Gasteiger partial charge in [-0.3, -0.25) is 0 Å². The predicted octanol–water partition coefficient (Wildman–Crippen LogP) is 5.09. The Morgan fingerprint density at radius 1 is 1.22 bits per heavy atom. The summed E-state index contributed by atoms with van der Waals surface area (Å²) < 4.78 is 0. The fraction of sp³-hybridized carbons (Fsp3) is 0.600. The Balaban J connectivity index is 2.35. The van der Waals surface area contributed by atoms with Crippen molar-refractivity contribution in [2.75, 3.05) is 6.54 Å². The lowest BCUT2D eigenvalue weighted by Crippen LogP contribution is -2.30. The summed E-state index contributed by atoms with van der Waals surface area (Å²) in [6.07, 6.45) is 5.97. The van der Waals surface area contributed by atoms with Crippen LogP contribution in [0.25, 0.3) is 0 Å². The fourth-order valence-electron chi connectivity index (χ4n) is 2.04. The predicted molar refractivity (Wildman–Crippen MR) is 81.8 cm³/mol. The van der Waals surface area contributed by atoms with Crippen LogP contribution >= 0.6 is 23.2 Å². The number of halogens is 2. The number of unbranched alkanes of at least 4 members (excludes halogenated alkanes) is 1. The molecule has 0 aliphatic carbocycles. The first kappa shape index (κ1) is 15.8. The summed E-state index contributed by atoms with van der Waals surface area (Å²) in [6, 6.07) is 6.36. The largest absolute Gasteiger partial charge is 0.314 e. The van der Waals surface area contributed by atoms with E-state index in [2.05, 4.69) is 19.2 Å². The van der Waals surface area contributed by atoms with Crippen LogP contribution in [0.5, 0.6) is 0 Å². The van der Waals surface area contributed by atoms with Crippen molar-refractivity contribution in [1.29, 1.82) is 0 Å². The summed E-state index contributed by atoms with van der Waals surface area (Å²) in [5.41, 5.74) is 1.17. The molecule has 0 spiro atoms. The molecule has 1 aromatic rings. The Morgan fingerprint density at radius 3 is 2.61 bits per heavy atom. The van der Waals surface area contributed by atoms with E-state index in [0.29, 0.717) is 11.1 Å². The van der Waals surface area contributed by atoms with Gasteiger partial charge in [0.15, 0.2) is 0 Å². The van der Waals surface area contributed by atoms with E-state index < -0.39 is 0 Å². The van der Waals surface area contributed by atoms with E-state index in [9.17, 15) is 0 Å². The summed E-state index contributed by atoms with van der Waals surface area (Å²) >= 11 is 12.0. The van der Waals surface area contributed by atoms with Gasteiger partial charge in [0, 0.05) is 16.1 Å². The third-order valence-electron chi connectivity index (χ3n) is 3.24. The van der Waals surface area contributed by atoms with Crippen molar-refractivity contribution in [1.82, 2.24) is 5.32 Å². The van der Waals surface area contributed by atoms with E-state index in [1.165, 1.54) is 31.2 Å². The third kappa shape index (κ3) is 5.60. The molecule has 0 aromatic heterocycles. The van der Waals surface area contributed by atoms with Crippen LogP contribution in [0.1, 0.15) is 45.1 Å². The number of hydrogen-bond acceptors (Lipinski definition) is 1. The Kier molecular flexibility index (Phi) is 7.73. The van der Waals surface area contributed by atoms with Crippen LogP contribution in [-0.4, -0.2) is 12.6 Å². The Bertz CT molecular complexity index is 352. The molecule has 1 atom stereocenters. The summed E-state index contributed by atoms with van der Waals surface area (Å²) in [7, 11) is 0. The molecule has 0 saturated carbocycles. The van der Waals surface area contributed by atoms with Gasteiger partial charge >= 0.3 is 0 Å². The number of rotatable bonds is 8. The topological polar surface area (TPSA) is 12.0 Å². The molecule has 0 heterocycles. The maximum absolute atomic E-state index is 6.15. The zero-order valence-electron chi connectivity index (χ0n) is 11.3. The second-order valence-electron chi connectivity index (χ2n) is 4.69. The van der Waals surface area contributed by atoms with Crippen LogP contribution in [0.2, 0.25) is 10.0 Å². The van der Waals surface area contributed by atoms with Gasteiger partial charge in [0.25, 0.3) is 0 Å². The minimum Gasteiger partial charge on any atom is -0.314 e. The molecule has 0 fully saturated rings. The molecule has 102 valence electrons. The van der Waals surface area contributed by atoms with Crippen LogP contribution in [-0.2, 0) is 6.42 Å². The molecule has 1 unspecified atom stereocenters. The fourth-order valence-corrected chi connectivity index (χ4v) is 2.54. The average Bonchev–Trinajstić information content (AvgIpc) is 2.36. The van der Waals surface area contributed by atoms with Crippen LogP contribution in [0.4, 0.5) is 0 Å². The quantitative estimate of drug-likeness (QED) is 0.702. The summed E-state index contributed by atoms with van der Waals surface area (Å²) in [5.74, 6) is 0. The lowest BCUT2D eigenvalue weighted by molar-refractivity contribution is 0.456. The van der Waals surface area contributed by atoms with Gasteiger partial charge in [-0.25, -0.2) is 0 Å². The molecule has 0 aliphatic rings. The second kappa shape index (κ2) is 8.79. The zero-order valence-corrected chi connectivity index (χ0v) is 12.8. The molecule has 0 saturated heterocycles. The standard InChI is InChI=1S/C15H23Cl2N/c1-3-5-6-14(4-2)18-10-9-12-7-8-13(16)11-15(12)17/h7-8,11,14,18H,3-6,9-10H2,1-2H3. The van der Waals surface area contributed by atoms with Crippen molar-refractivity contribution in [2.45, 2.75) is 52.0 Å². The maximum atomic E-state index is 6.15. The van der Waals surface area contributed by atoms with Gasteiger partial charge in [0.1, 0.15) is 0 Å². The van der Waals surface area contributed by atoms with Gasteiger partial charge in [-0.2, -0.15) is 0 Å². The average molecular weight is 288 g/mol. The van der Waals surface area contributed by atoms with Crippen molar-refractivity contribution in [3.05, 3.63) is 33.8 Å². The highest BCUT2D eigenvalue weighted by molar-refractivity contribution is 6.35. The molecule has 18 heavy (non-hydrogen) atoms. The highest BCUT2D eigenvalue weighted by Crippen LogP contribution is 2.21. The van der Waals surface area contributed by atoms with Crippen molar-refractivity contribution in [3.63, 3.8) is 0 Å². The third-order valence-corrected chi connectivity index (χ3v) is 3.83. The highest BCUT2D eigenvalue weighted by atomic mass is 35.5. The zero-order chi connectivity index (χ0) is 13.4. The monoisotopic (exact) mass is 287 g/mol. The first-order chi connectivity index (χ1) is 8.67. The maximum Gasteiger partial charge on any atom is 0.0453 e. The van der Waals surface area contributed by atoms with E-state index in [0.717, 1.165) is 18.0 Å². The summed E-state index contributed by atoms with van der Waals surface area (Å²) in [5, 5.41) is 5.07. The normalized spacial score (nSPS) is 12.7. The molecule has 0 bridgehead atoms. The minimum atomic E-state index is 0.635. The molecule has 0 radical (unpaired) electrons. The van der Waals surface area contributed by atoms with Crippen LogP contribution < -0.4 is 5.32 Å². The van der Waals surface area contributed by atoms with E-state index in [4.69, 9.17) is 23.2 Å². The number of benzene rings is 1. The highest BCUT2D eigenvalue weighted by Gasteiger charge is 2.06. The van der Waals surface area contributed by atoms with Crippen molar-refractivity contribution in [2.24, 2.45) is 0 Å². The van der Waals surface area contributed by atoms with E-state index in [-0.39, 0.29) is 0 Å². The lowest BCUT2D eigenvalue weighted by atomic mass is 10.1. The van der Waals surface area contributed by atoms with Gasteiger partial charge in [-0.15, -0.1) is 0 Å². The number of nitrogens with one attached hydrogen (secondary N) is 1. The Hall–Kier alpha value is -0.240. The molecule has 0 amide bonds. The summed E-state index contributed by atoms with van der Waals surface area (Å²) in [6.45, 7) is 5.45. The van der Waals surface area contributed by atoms with Crippen LogP contribution in [0, 0.1) is 0 Å². The lowest BCUT2D eigenvalue weighted by Gasteiger charge is -2.16. The van der Waals surface area contributed by atoms with Crippen LogP contribution in [0.3, 0.4) is 0 Å². The minimum absolute atomic E-state index is 0.635.